The van der Waals surface area contributed by atoms with E-state index in [0.29, 0.717) is 21.7 Å². The van der Waals surface area contributed by atoms with Gasteiger partial charge in [0.05, 0.1) is 23.3 Å². The lowest BCUT2D eigenvalue weighted by Gasteiger charge is -2.17. The molecule has 140 valence electrons. The van der Waals surface area contributed by atoms with Gasteiger partial charge in [-0.05, 0) is 30.3 Å². The van der Waals surface area contributed by atoms with Gasteiger partial charge in [-0.25, -0.2) is 4.98 Å². The third-order valence-electron chi connectivity index (χ3n) is 3.81. The molecule has 5 N–H and O–H groups in total. The SMILES string of the molecule is O=c1[nH]c2ccc(Cl)cc2nc1/C(=N/Nc1ccccc1)C(O)C(O)CO. The number of benzene rings is 2. The molecule has 3 rings (SSSR count). The van der Waals surface area contributed by atoms with Crippen LogP contribution < -0.4 is 11.0 Å². The van der Waals surface area contributed by atoms with Crippen LogP contribution >= 0.6 is 11.6 Å². The van der Waals surface area contributed by atoms with Gasteiger partial charge in [-0.1, -0.05) is 29.8 Å². The number of aliphatic hydroxyl groups is 3. The van der Waals surface area contributed by atoms with E-state index in [-0.39, 0.29) is 11.4 Å². The molecular formula is C18H17ClN4O4. The van der Waals surface area contributed by atoms with Crippen LogP contribution in [0.5, 0.6) is 0 Å². The highest BCUT2D eigenvalue weighted by Crippen LogP contribution is 2.16. The minimum atomic E-state index is -1.64. The molecule has 2 atom stereocenters. The van der Waals surface area contributed by atoms with Crippen molar-refractivity contribution < 1.29 is 15.3 Å². The number of hydrogen-bond donors (Lipinski definition) is 5. The zero-order chi connectivity index (χ0) is 19.4. The molecule has 8 nitrogen and oxygen atoms in total. The minimum Gasteiger partial charge on any atom is -0.394 e. The van der Waals surface area contributed by atoms with Crippen molar-refractivity contribution in [2.45, 2.75) is 12.2 Å². The molecule has 0 spiro atoms. The van der Waals surface area contributed by atoms with E-state index in [0.717, 1.165) is 0 Å². The monoisotopic (exact) mass is 388 g/mol. The van der Waals surface area contributed by atoms with E-state index in [2.05, 4.69) is 20.5 Å². The van der Waals surface area contributed by atoms with Gasteiger partial charge in [0, 0.05) is 5.02 Å². The first-order valence-corrected chi connectivity index (χ1v) is 8.43. The fraction of sp³-hybridized carbons (Fsp3) is 0.167. The molecule has 0 amide bonds. The van der Waals surface area contributed by atoms with E-state index in [1.807, 2.05) is 6.07 Å². The second kappa shape index (κ2) is 8.28. The molecule has 1 heterocycles. The maximum atomic E-state index is 12.5. The number of H-pyrrole nitrogens is 1. The van der Waals surface area contributed by atoms with Crippen molar-refractivity contribution in [3.8, 4) is 0 Å². The minimum absolute atomic E-state index is 0.201. The molecular weight excluding hydrogens is 372 g/mol. The van der Waals surface area contributed by atoms with E-state index in [1.54, 1.807) is 42.5 Å². The summed E-state index contributed by atoms with van der Waals surface area (Å²) in [4.78, 5) is 19.3. The fourth-order valence-corrected chi connectivity index (χ4v) is 2.57. The van der Waals surface area contributed by atoms with Gasteiger partial charge in [-0.3, -0.25) is 10.2 Å². The van der Waals surface area contributed by atoms with Crippen molar-refractivity contribution in [3.63, 3.8) is 0 Å². The Morgan fingerprint density at radius 1 is 1.22 bits per heavy atom. The molecule has 0 radical (unpaired) electrons. The summed E-state index contributed by atoms with van der Waals surface area (Å²) in [5.74, 6) is 0. The Hall–Kier alpha value is -2.78. The Balaban J connectivity index is 2.10. The highest BCUT2D eigenvalue weighted by Gasteiger charge is 2.27. The smallest absolute Gasteiger partial charge is 0.276 e. The molecule has 1 aromatic heterocycles. The molecule has 0 fully saturated rings. The standard InChI is InChI=1S/C18H17ClN4O4/c19-10-6-7-12-13(8-10)20-16(18(27)21-12)15(17(26)14(25)9-24)23-22-11-4-2-1-3-5-11/h1-8,14,17,22,24-26H,9H2,(H,21,27)/b23-15-. The lowest BCUT2D eigenvalue weighted by molar-refractivity contribution is 0.0185. The number of halogens is 1. The molecule has 27 heavy (non-hydrogen) atoms. The van der Waals surface area contributed by atoms with Crippen LogP contribution in [0.1, 0.15) is 5.69 Å². The number of aromatic amines is 1. The molecule has 0 saturated carbocycles. The van der Waals surface area contributed by atoms with Crippen LogP contribution in [0, 0.1) is 0 Å². The molecule has 3 aromatic rings. The maximum absolute atomic E-state index is 12.5. The Bertz CT molecular complexity index is 1020. The summed E-state index contributed by atoms with van der Waals surface area (Å²) in [7, 11) is 0. The third-order valence-corrected chi connectivity index (χ3v) is 4.04. The number of nitrogens with one attached hydrogen (secondary N) is 2. The molecule has 0 aliphatic carbocycles. The maximum Gasteiger partial charge on any atom is 0.276 e. The number of hydrogen-bond acceptors (Lipinski definition) is 7. The van der Waals surface area contributed by atoms with Gasteiger partial charge in [-0.15, -0.1) is 0 Å². The first kappa shape index (κ1) is 19.0. The number of fused-ring (bicyclic) bond motifs is 1. The Kier molecular flexibility index (Phi) is 5.82. The summed E-state index contributed by atoms with van der Waals surface area (Å²) < 4.78 is 0. The van der Waals surface area contributed by atoms with Gasteiger partial charge in [0.2, 0.25) is 0 Å². The molecule has 2 aromatic carbocycles. The first-order chi connectivity index (χ1) is 13.0. The van der Waals surface area contributed by atoms with Crippen molar-refractivity contribution >= 4 is 34.0 Å². The lowest BCUT2D eigenvalue weighted by Crippen LogP contribution is -2.40. The Morgan fingerprint density at radius 2 is 1.96 bits per heavy atom. The Labute approximate surface area is 158 Å². The van der Waals surface area contributed by atoms with Crippen molar-refractivity contribution in [2.75, 3.05) is 12.0 Å². The van der Waals surface area contributed by atoms with Crippen molar-refractivity contribution in [2.24, 2.45) is 5.10 Å². The molecule has 0 saturated heterocycles. The zero-order valence-electron chi connectivity index (χ0n) is 14.0. The molecule has 2 unspecified atom stereocenters. The summed E-state index contributed by atoms with van der Waals surface area (Å²) >= 11 is 5.97. The van der Waals surface area contributed by atoms with Crippen LogP contribution in [0.4, 0.5) is 5.69 Å². The van der Waals surface area contributed by atoms with Gasteiger partial charge < -0.3 is 20.3 Å². The van der Waals surface area contributed by atoms with E-state index in [1.165, 1.54) is 0 Å². The molecule has 0 bridgehead atoms. The van der Waals surface area contributed by atoms with E-state index >= 15 is 0 Å². The topological polar surface area (TPSA) is 131 Å². The summed E-state index contributed by atoms with van der Waals surface area (Å²) in [5, 5.41) is 33.8. The number of hydrazone groups is 1. The first-order valence-electron chi connectivity index (χ1n) is 8.05. The van der Waals surface area contributed by atoms with Crippen LogP contribution in [-0.4, -0.2) is 49.8 Å². The Morgan fingerprint density at radius 3 is 2.67 bits per heavy atom. The van der Waals surface area contributed by atoms with Crippen molar-refractivity contribution in [1.29, 1.82) is 0 Å². The number of aromatic nitrogens is 2. The average Bonchev–Trinajstić information content (AvgIpc) is 2.68. The normalized spacial score (nSPS) is 14.1. The van der Waals surface area contributed by atoms with E-state index < -0.39 is 24.4 Å². The number of nitrogens with zero attached hydrogens (tertiary/aromatic N) is 2. The van der Waals surface area contributed by atoms with Gasteiger partial charge in [0.15, 0.2) is 5.69 Å². The quantitative estimate of drug-likeness (QED) is 0.317. The molecule has 9 heteroatoms. The zero-order valence-corrected chi connectivity index (χ0v) is 14.8. The molecule has 0 aliphatic heterocycles. The fourth-order valence-electron chi connectivity index (χ4n) is 2.41. The number of para-hydroxylation sites is 1. The summed E-state index contributed by atoms with van der Waals surface area (Å²) in [6.45, 7) is -0.719. The molecule has 0 aliphatic rings. The number of aliphatic hydroxyl groups excluding tert-OH is 3. The van der Waals surface area contributed by atoms with Gasteiger partial charge in [-0.2, -0.15) is 5.10 Å². The predicted molar refractivity (Wildman–Crippen MR) is 103 cm³/mol. The number of anilines is 1. The highest BCUT2D eigenvalue weighted by atomic mass is 35.5. The summed E-state index contributed by atoms with van der Waals surface area (Å²) in [6, 6.07) is 13.6. The highest BCUT2D eigenvalue weighted by molar-refractivity contribution is 6.31. The van der Waals surface area contributed by atoms with Crippen LogP contribution in [-0.2, 0) is 0 Å². The van der Waals surface area contributed by atoms with Gasteiger partial charge >= 0.3 is 0 Å². The lowest BCUT2D eigenvalue weighted by atomic mass is 10.1. The van der Waals surface area contributed by atoms with Crippen molar-refractivity contribution in [1.82, 2.24) is 9.97 Å². The van der Waals surface area contributed by atoms with Crippen LogP contribution in [0.15, 0.2) is 58.4 Å². The van der Waals surface area contributed by atoms with Crippen LogP contribution in [0.25, 0.3) is 11.0 Å². The van der Waals surface area contributed by atoms with E-state index in [4.69, 9.17) is 16.7 Å². The van der Waals surface area contributed by atoms with Crippen LogP contribution in [0.3, 0.4) is 0 Å². The number of rotatable bonds is 6. The summed E-state index contributed by atoms with van der Waals surface area (Å²) in [5.41, 5.74) is 3.12. The predicted octanol–water partition coefficient (Wildman–Crippen LogP) is 1.11. The van der Waals surface area contributed by atoms with Gasteiger partial charge in [0.1, 0.15) is 17.9 Å². The second-order valence-electron chi connectivity index (χ2n) is 5.75. The average molecular weight is 389 g/mol. The second-order valence-corrected chi connectivity index (χ2v) is 6.18. The van der Waals surface area contributed by atoms with Gasteiger partial charge in [0.25, 0.3) is 5.56 Å². The van der Waals surface area contributed by atoms with Crippen LogP contribution in [0.2, 0.25) is 5.02 Å². The van der Waals surface area contributed by atoms with E-state index in [9.17, 15) is 15.0 Å². The third kappa shape index (κ3) is 4.32. The largest absolute Gasteiger partial charge is 0.394 e. The summed E-state index contributed by atoms with van der Waals surface area (Å²) in [6.07, 6.45) is -3.19. The van der Waals surface area contributed by atoms with Crippen molar-refractivity contribution in [3.05, 3.63) is 69.6 Å².